The second-order valence-corrected chi connectivity index (χ2v) is 12.4. The molecular weight excluding hydrogens is 537 g/mol. The van der Waals surface area contributed by atoms with Crippen molar-refractivity contribution in [1.82, 2.24) is 20.2 Å². The molecule has 11 heteroatoms. The summed E-state index contributed by atoms with van der Waals surface area (Å²) >= 11 is 1.69. The van der Waals surface area contributed by atoms with Crippen molar-refractivity contribution in [3.8, 4) is 5.75 Å². The Morgan fingerprint density at radius 3 is 2.62 bits per heavy atom. The minimum Gasteiger partial charge on any atom is -0.489 e. The number of rotatable bonds is 11. The highest BCUT2D eigenvalue weighted by atomic mass is 32.2. The zero-order chi connectivity index (χ0) is 27.2. The molecule has 2 N–H and O–H groups in total. The molecule has 2 heterocycles. The summed E-state index contributed by atoms with van der Waals surface area (Å²) in [6.07, 6.45) is 4.79. The predicted molar refractivity (Wildman–Crippen MR) is 154 cm³/mol. The van der Waals surface area contributed by atoms with Gasteiger partial charge in [-0.25, -0.2) is 22.8 Å². The van der Waals surface area contributed by atoms with Crippen molar-refractivity contribution in [1.29, 1.82) is 0 Å². The predicted octanol–water partition coefficient (Wildman–Crippen LogP) is 5.20. The Bertz CT molecular complexity index is 1560. The van der Waals surface area contributed by atoms with Crippen molar-refractivity contribution in [3.63, 3.8) is 0 Å². The minimum absolute atomic E-state index is 0.0639. The minimum atomic E-state index is -2.99. The number of sulfone groups is 1. The number of anilines is 2. The Kier molecular flexibility index (Phi) is 8.30. The fraction of sp³-hybridized carbons (Fsp3) is 0.214. The molecule has 0 aliphatic carbocycles. The van der Waals surface area contributed by atoms with E-state index in [2.05, 4.69) is 37.6 Å². The van der Waals surface area contributed by atoms with Gasteiger partial charge in [-0.3, -0.25) is 5.32 Å². The van der Waals surface area contributed by atoms with E-state index in [9.17, 15) is 12.8 Å². The Morgan fingerprint density at radius 2 is 1.85 bits per heavy atom. The number of nitrogens with zero attached hydrogens (tertiary/aromatic N) is 3. The van der Waals surface area contributed by atoms with Crippen LogP contribution in [0.5, 0.6) is 5.75 Å². The first-order valence-corrected chi connectivity index (χ1v) is 15.3. The van der Waals surface area contributed by atoms with Crippen LogP contribution in [0.25, 0.3) is 10.9 Å². The monoisotopic (exact) mass is 565 g/mol. The van der Waals surface area contributed by atoms with Crippen LogP contribution in [0.15, 0.2) is 84.7 Å². The van der Waals surface area contributed by atoms with E-state index in [0.717, 1.165) is 27.7 Å². The first kappa shape index (κ1) is 26.9. The van der Waals surface area contributed by atoms with Gasteiger partial charge in [-0.1, -0.05) is 18.2 Å². The molecule has 5 rings (SSSR count). The Morgan fingerprint density at radius 1 is 1.05 bits per heavy atom. The van der Waals surface area contributed by atoms with Crippen LogP contribution < -0.4 is 15.4 Å². The zero-order valence-corrected chi connectivity index (χ0v) is 22.9. The summed E-state index contributed by atoms with van der Waals surface area (Å²) < 4.78 is 41.6. The van der Waals surface area contributed by atoms with Crippen LogP contribution in [0.1, 0.15) is 16.5 Å². The highest BCUT2D eigenvalue weighted by Crippen LogP contribution is 2.39. The highest BCUT2D eigenvalue weighted by Gasteiger charge is 2.22. The molecular formula is C28H28FN5O3S2. The maximum Gasteiger partial charge on any atom is 0.148 e. The molecule has 8 nitrogen and oxygen atoms in total. The lowest BCUT2D eigenvalue weighted by atomic mass is 10.1. The molecule has 0 spiro atoms. The maximum absolute atomic E-state index is 13.1. The van der Waals surface area contributed by atoms with E-state index in [4.69, 9.17) is 4.74 Å². The number of nitrogens with one attached hydrogen (secondary N) is 2. The van der Waals surface area contributed by atoms with Crippen LogP contribution in [0.3, 0.4) is 0 Å². The number of thioether (sulfide) groups is 1. The number of hydrogen-bond donors (Lipinski definition) is 2. The van der Waals surface area contributed by atoms with Gasteiger partial charge in [0.25, 0.3) is 0 Å². The molecule has 0 fully saturated rings. The lowest BCUT2D eigenvalue weighted by molar-refractivity contribution is 0.306. The van der Waals surface area contributed by atoms with E-state index in [1.807, 2.05) is 41.9 Å². The van der Waals surface area contributed by atoms with E-state index in [0.29, 0.717) is 31.4 Å². The fourth-order valence-electron chi connectivity index (χ4n) is 4.06. The third-order valence-corrected chi connectivity index (χ3v) is 8.11. The van der Waals surface area contributed by atoms with E-state index >= 15 is 0 Å². The van der Waals surface area contributed by atoms with Crippen molar-refractivity contribution in [2.45, 2.75) is 12.0 Å². The summed E-state index contributed by atoms with van der Waals surface area (Å²) in [5.74, 6) is 1.25. The van der Waals surface area contributed by atoms with Crippen molar-refractivity contribution in [2.24, 2.45) is 0 Å². The van der Waals surface area contributed by atoms with Crippen LogP contribution in [-0.2, 0) is 16.4 Å². The first-order chi connectivity index (χ1) is 18.8. The molecule has 0 saturated heterocycles. The lowest BCUT2D eigenvalue weighted by Gasteiger charge is -2.25. The van der Waals surface area contributed by atoms with Crippen LogP contribution in [-0.4, -0.2) is 48.5 Å². The number of halogens is 1. The molecule has 202 valence electrons. The average molecular weight is 566 g/mol. The van der Waals surface area contributed by atoms with Gasteiger partial charge in [-0.2, -0.15) is 0 Å². The van der Waals surface area contributed by atoms with Gasteiger partial charge >= 0.3 is 0 Å². The topological polar surface area (TPSA) is 96.5 Å². The van der Waals surface area contributed by atoms with Gasteiger partial charge in [0.05, 0.1) is 17.9 Å². The van der Waals surface area contributed by atoms with Crippen LogP contribution >= 0.6 is 11.8 Å². The van der Waals surface area contributed by atoms with Crippen molar-refractivity contribution >= 4 is 44.0 Å². The van der Waals surface area contributed by atoms with Crippen LogP contribution in [0.2, 0.25) is 0 Å². The zero-order valence-electron chi connectivity index (χ0n) is 21.2. The molecule has 1 aliphatic rings. The number of ether oxygens (including phenoxy) is 1. The van der Waals surface area contributed by atoms with E-state index in [-0.39, 0.29) is 16.9 Å². The fourth-order valence-corrected chi connectivity index (χ4v) is 5.56. The Balaban J connectivity index is 1.22. The lowest BCUT2D eigenvalue weighted by Crippen LogP contribution is -2.33. The summed E-state index contributed by atoms with van der Waals surface area (Å²) in [4.78, 5) is 11.1. The molecule has 39 heavy (non-hydrogen) atoms. The van der Waals surface area contributed by atoms with Gasteiger partial charge in [0.2, 0.25) is 0 Å². The standard InChI is InChI=1S/C28H28FN5O3S2/c1-39(35,36)15-12-30-19-34-13-14-38-28(34)21-4-11-25-26(16-21)31-18-32-27(25)33-23-7-9-24(10-8-23)37-17-20-2-5-22(29)6-3-20/h2-11,13-14,16,18,28,30H,12,15,17,19H2,1H3,(H,31,32,33). The number of benzene rings is 3. The van der Waals surface area contributed by atoms with Gasteiger partial charge < -0.3 is 15.0 Å². The Labute approximate surface area is 231 Å². The second-order valence-electron chi connectivity index (χ2n) is 9.14. The summed E-state index contributed by atoms with van der Waals surface area (Å²) in [6, 6.07) is 20.0. The van der Waals surface area contributed by atoms with Crippen molar-refractivity contribution in [3.05, 3.63) is 102 Å². The summed E-state index contributed by atoms with van der Waals surface area (Å²) in [6.45, 7) is 1.30. The van der Waals surface area contributed by atoms with Crippen LogP contribution in [0.4, 0.5) is 15.9 Å². The average Bonchev–Trinajstić information content (AvgIpc) is 3.40. The van der Waals surface area contributed by atoms with Gasteiger partial charge in [0, 0.05) is 30.1 Å². The van der Waals surface area contributed by atoms with E-state index < -0.39 is 9.84 Å². The quantitative estimate of drug-likeness (QED) is 0.238. The van der Waals surface area contributed by atoms with Crippen molar-refractivity contribution in [2.75, 3.05) is 30.5 Å². The number of aromatic nitrogens is 2. The third kappa shape index (κ3) is 7.25. The summed E-state index contributed by atoms with van der Waals surface area (Å²) in [7, 11) is -2.99. The molecule has 0 bridgehead atoms. The smallest absolute Gasteiger partial charge is 0.148 e. The second kappa shape index (κ2) is 12.0. The molecule has 4 aromatic rings. The van der Waals surface area contributed by atoms with E-state index in [1.54, 1.807) is 30.2 Å². The van der Waals surface area contributed by atoms with Crippen LogP contribution in [0, 0.1) is 5.82 Å². The number of hydrogen-bond acceptors (Lipinski definition) is 9. The summed E-state index contributed by atoms with van der Waals surface area (Å²) in [5, 5.41) is 9.56. The van der Waals surface area contributed by atoms with Gasteiger partial charge in [-0.05, 0) is 65.1 Å². The van der Waals surface area contributed by atoms with Gasteiger partial charge in [-0.15, -0.1) is 11.8 Å². The molecule has 0 amide bonds. The summed E-state index contributed by atoms with van der Waals surface area (Å²) in [5.41, 5.74) is 3.66. The van der Waals surface area contributed by atoms with Crippen molar-refractivity contribution < 1.29 is 17.5 Å². The van der Waals surface area contributed by atoms with Gasteiger partial charge in [0.15, 0.2) is 0 Å². The van der Waals surface area contributed by atoms with Gasteiger partial charge in [0.1, 0.15) is 45.5 Å². The molecule has 1 aliphatic heterocycles. The molecule has 0 radical (unpaired) electrons. The normalized spacial score (nSPS) is 15.1. The number of fused-ring (bicyclic) bond motifs is 1. The third-order valence-electron chi connectivity index (χ3n) is 6.09. The first-order valence-electron chi connectivity index (χ1n) is 12.3. The molecule has 1 atom stereocenters. The highest BCUT2D eigenvalue weighted by molar-refractivity contribution is 8.02. The Hall–Kier alpha value is -3.67. The van der Waals surface area contributed by atoms with E-state index in [1.165, 1.54) is 18.4 Å². The molecule has 0 saturated carbocycles. The molecule has 1 aromatic heterocycles. The SMILES string of the molecule is CS(=O)(=O)CCNCN1C=CSC1c1ccc2c(Nc3ccc(OCc4ccc(F)cc4)cc3)ncnc2c1. The maximum atomic E-state index is 13.1. The largest absolute Gasteiger partial charge is 0.489 e. The molecule has 1 unspecified atom stereocenters. The molecule has 3 aromatic carbocycles.